The molecule has 1 aromatic rings. The van der Waals surface area contributed by atoms with E-state index < -0.39 is 11.6 Å². The summed E-state index contributed by atoms with van der Waals surface area (Å²) in [7, 11) is 0. The summed E-state index contributed by atoms with van der Waals surface area (Å²) in [5.41, 5.74) is 2.12. The highest BCUT2D eigenvalue weighted by molar-refractivity contribution is 6.01. The number of carbonyl (C=O) groups is 3. The lowest BCUT2D eigenvalue weighted by Gasteiger charge is -2.29. The van der Waals surface area contributed by atoms with E-state index in [0.717, 1.165) is 11.1 Å². The molecule has 0 aromatic heterocycles. The third kappa shape index (κ3) is 4.99. The Bertz CT molecular complexity index is 814. The smallest absolute Gasteiger partial charge is 0.410 e. The Labute approximate surface area is 170 Å². The second-order valence-electron chi connectivity index (χ2n) is 8.13. The highest BCUT2D eigenvalue weighted by atomic mass is 16.6. The van der Waals surface area contributed by atoms with Crippen LogP contribution in [-0.2, 0) is 31.9 Å². The number of ether oxygens (including phenoxy) is 3. The molecular formula is C21H28N2O6. The van der Waals surface area contributed by atoms with Crippen molar-refractivity contribution < 1.29 is 28.6 Å². The van der Waals surface area contributed by atoms with E-state index in [9.17, 15) is 14.4 Å². The first-order valence-electron chi connectivity index (χ1n) is 9.90. The predicted octanol–water partition coefficient (Wildman–Crippen LogP) is 2.31. The minimum absolute atomic E-state index is 0.116. The van der Waals surface area contributed by atoms with Crippen molar-refractivity contribution >= 4 is 23.7 Å². The predicted molar refractivity (Wildman–Crippen MR) is 106 cm³/mol. The van der Waals surface area contributed by atoms with Gasteiger partial charge < -0.3 is 19.1 Å². The lowest BCUT2D eigenvalue weighted by molar-refractivity contribution is -0.142. The Morgan fingerprint density at radius 2 is 1.79 bits per heavy atom. The zero-order valence-corrected chi connectivity index (χ0v) is 17.4. The summed E-state index contributed by atoms with van der Waals surface area (Å²) in [4.78, 5) is 39.8. The fourth-order valence-electron chi connectivity index (χ4n) is 3.44. The normalized spacial score (nSPS) is 16.3. The lowest BCUT2D eigenvalue weighted by Crippen LogP contribution is -2.42. The number of hydrogen-bond donors (Lipinski definition) is 0. The number of amides is 2. The molecule has 0 radical (unpaired) electrons. The number of rotatable bonds is 3. The van der Waals surface area contributed by atoms with E-state index in [1.54, 1.807) is 11.8 Å². The number of carbonyl (C=O) groups excluding carboxylic acids is 3. The molecule has 8 heteroatoms. The van der Waals surface area contributed by atoms with Crippen molar-refractivity contribution in [1.82, 2.24) is 4.90 Å². The van der Waals surface area contributed by atoms with Gasteiger partial charge in [0, 0.05) is 13.1 Å². The number of hydrogen-bond acceptors (Lipinski definition) is 6. The number of esters is 1. The van der Waals surface area contributed by atoms with E-state index >= 15 is 0 Å². The van der Waals surface area contributed by atoms with Crippen LogP contribution in [0, 0.1) is 0 Å². The van der Waals surface area contributed by atoms with E-state index in [4.69, 9.17) is 14.2 Å². The molecule has 0 saturated heterocycles. The van der Waals surface area contributed by atoms with Gasteiger partial charge in [0.1, 0.15) is 17.9 Å². The summed E-state index contributed by atoms with van der Waals surface area (Å²) in [5, 5.41) is 0. The van der Waals surface area contributed by atoms with Crippen LogP contribution < -0.4 is 9.64 Å². The molecule has 8 nitrogen and oxygen atoms in total. The van der Waals surface area contributed by atoms with Crippen molar-refractivity contribution in [2.45, 2.75) is 46.1 Å². The van der Waals surface area contributed by atoms with Gasteiger partial charge in [0.25, 0.3) is 5.91 Å². The van der Waals surface area contributed by atoms with E-state index in [-0.39, 0.29) is 31.8 Å². The average Bonchev–Trinajstić information content (AvgIpc) is 2.84. The lowest BCUT2D eigenvalue weighted by atomic mass is 10.0. The highest BCUT2D eigenvalue weighted by Gasteiger charge is 2.30. The van der Waals surface area contributed by atoms with E-state index in [2.05, 4.69) is 0 Å². The quantitative estimate of drug-likeness (QED) is 0.719. The molecular weight excluding hydrogens is 376 g/mol. The number of fused-ring (bicyclic) bond motifs is 2. The minimum atomic E-state index is -0.545. The van der Waals surface area contributed by atoms with Crippen molar-refractivity contribution in [2.24, 2.45) is 0 Å². The number of anilines is 1. The maximum absolute atomic E-state index is 12.4. The van der Waals surface area contributed by atoms with E-state index in [1.165, 1.54) is 4.90 Å². The van der Waals surface area contributed by atoms with Gasteiger partial charge in [-0.05, 0) is 63.8 Å². The Morgan fingerprint density at radius 3 is 2.41 bits per heavy atom. The van der Waals surface area contributed by atoms with E-state index in [1.807, 2.05) is 32.9 Å². The summed E-state index contributed by atoms with van der Waals surface area (Å²) < 4.78 is 16.1. The molecule has 0 bridgehead atoms. The molecule has 0 unspecified atom stereocenters. The Morgan fingerprint density at radius 1 is 1.14 bits per heavy atom. The zero-order chi connectivity index (χ0) is 21.2. The number of nitrogens with zero attached hydrogens (tertiary/aromatic N) is 2. The van der Waals surface area contributed by atoms with Gasteiger partial charge in [0.15, 0.2) is 6.61 Å². The van der Waals surface area contributed by atoms with Crippen LogP contribution in [0.4, 0.5) is 10.5 Å². The van der Waals surface area contributed by atoms with Crippen LogP contribution in [-0.4, -0.2) is 61.3 Å². The fourth-order valence-corrected chi connectivity index (χ4v) is 3.44. The average molecular weight is 404 g/mol. The summed E-state index contributed by atoms with van der Waals surface area (Å²) in [6.45, 7) is 8.33. The van der Waals surface area contributed by atoms with Crippen molar-refractivity contribution in [3.05, 3.63) is 23.3 Å². The van der Waals surface area contributed by atoms with Gasteiger partial charge in [0.05, 0.1) is 12.3 Å². The Hall–Kier alpha value is -2.77. The van der Waals surface area contributed by atoms with E-state index in [0.29, 0.717) is 37.4 Å². The molecule has 2 amide bonds. The molecule has 0 atom stereocenters. The minimum Gasteiger partial charge on any atom is -0.482 e. The van der Waals surface area contributed by atoms with Gasteiger partial charge in [-0.2, -0.15) is 0 Å². The van der Waals surface area contributed by atoms with Crippen LogP contribution in [0.3, 0.4) is 0 Å². The summed E-state index contributed by atoms with van der Waals surface area (Å²) in [6, 6.07) is 3.80. The van der Waals surface area contributed by atoms with Crippen molar-refractivity contribution in [1.29, 1.82) is 0 Å². The summed E-state index contributed by atoms with van der Waals surface area (Å²) >= 11 is 0. The van der Waals surface area contributed by atoms with Crippen molar-refractivity contribution in [3.63, 3.8) is 0 Å². The Balaban J connectivity index is 1.80. The van der Waals surface area contributed by atoms with Crippen molar-refractivity contribution in [3.8, 4) is 5.75 Å². The fraction of sp³-hybridized carbons (Fsp3) is 0.571. The summed E-state index contributed by atoms with van der Waals surface area (Å²) in [5.74, 6) is -0.174. The Kier molecular flexibility index (Phi) is 6.00. The SMILES string of the molecule is CCOC(=O)CN1C(=O)COc2cc3c(cc21)CCN(C(=O)OC(C)(C)C)CC3. The van der Waals surface area contributed by atoms with Crippen LogP contribution >= 0.6 is 0 Å². The van der Waals surface area contributed by atoms with Gasteiger partial charge in [0.2, 0.25) is 0 Å². The second kappa shape index (κ2) is 8.31. The largest absolute Gasteiger partial charge is 0.482 e. The first-order chi connectivity index (χ1) is 13.7. The number of benzene rings is 1. The molecule has 2 aliphatic rings. The third-order valence-corrected chi connectivity index (χ3v) is 4.77. The molecule has 0 aliphatic carbocycles. The molecule has 158 valence electrons. The second-order valence-corrected chi connectivity index (χ2v) is 8.13. The monoisotopic (exact) mass is 404 g/mol. The van der Waals surface area contributed by atoms with Crippen LogP contribution in [0.1, 0.15) is 38.8 Å². The molecule has 3 rings (SSSR count). The van der Waals surface area contributed by atoms with Crippen LogP contribution in [0.25, 0.3) is 0 Å². The highest BCUT2D eigenvalue weighted by Crippen LogP contribution is 2.36. The molecule has 0 fully saturated rings. The first kappa shape index (κ1) is 21.0. The molecule has 0 N–H and O–H groups in total. The van der Waals surface area contributed by atoms with Crippen molar-refractivity contribution in [2.75, 3.05) is 37.7 Å². The topological polar surface area (TPSA) is 85.4 Å². The molecule has 2 aliphatic heterocycles. The van der Waals surface area contributed by atoms with Crippen LogP contribution in [0.2, 0.25) is 0 Å². The summed E-state index contributed by atoms with van der Waals surface area (Å²) in [6.07, 6.45) is 0.964. The van der Waals surface area contributed by atoms with Crippen LogP contribution in [0.5, 0.6) is 5.75 Å². The maximum Gasteiger partial charge on any atom is 0.410 e. The van der Waals surface area contributed by atoms with Gasteiger partial charge >= 0.3 is 12.1 Å². The molecule has 0 saturated carbocycles. The van der Waals surface area contributed by atoms with Crippen LogP contribution in [0.15, 0.2) is 12.1 Å². The standard InChI is InChI=1S/C21H28N2O6/c1-5-27-19(25)12-23-16-10-14-6-8-22(20(26)29-21(2,3)4)9-7-15(14)11-17(16)28-13-18(23)24/h10-11H,5-9,12-13H2,1-4H3. The molecule has 1 aromatic carbocycles. The maximum atomic E-state index is 12.4. The van der Waals surface area contributed by atoms with Gasteiger partial charge in [-0.3, -0.25) is 14.5 Å². The zero-order valence-electron chi connectivity index (χ0n) is 17.4. The van der Waals surface area contributed by atoms with Gasteiger partial charge in [-0.1, -0.05) is 0 Å². The third-order valence-electron chi connectivity index (χ3n) is 4.77. The first-order valence-corrected chi connectivity index (χ1v) is 9.90. The molecule has 2 heterocycles. The van der Waals surface area contributed by atoms with Gasteiger partial charge in [-0.25, -0.2) is 4.79 Å². The molecule has 0 spiro atoms. The van der Waals surface area contributed by atoms with Gasteiger partial charge in [-0.15, -0.1) is 0 Å². The molecule has 29 heavy (non-hydrogen) atoms.